The molecule has 0 atom stereocenters. The van der Waals surface area contributed by atoms with E-state index in [0.717, 1.165) is 5.56 Å². The molecule has 0 radical (unpaired) electrons. The summed E-state index contributed by atoms with van der Waals surface area (Å²) in [7, 11) is 1.43. The second-order valence-corrected chi connectivity index (χ2v) is 4.80. The minimum absolute atomic E-state index is 0.0551. The maximum absolute atomic E-state index is 12.0. The fraction of sp³-hybridized carbons (Fsp3) is 0.467. The first-order valence-corrected chi connectivity index (χ1v) is 7.22. The van der Waals surface area contributed by atoms with Crippen molar-refractivity contribution >= 4 is 11.9 Å². The van der Waals surface area contributed by atoms with Gasteiger partial charge in [-0.05, 0) is 12.0 Å². The first-order valence-electron chi connectivity index (χ1n) is 7.22. The molecule has 5 nitrogen and oxygen atoms in total. The fourth-order valence-electron chi connectivity index (χ4n) is 1.76. The number of alkyl halides is 3. The molecule has 0 aliphatic carbocycles. The number of benzene rings is 1. The number of carbonyl (C=O) groups excluding carboxylic acids is 1. The van der Waals surface area contributed by atoms with Crippen LogP contribution in [0.1, 0.15) is 12.0 Å². The normalized spacial score (nSPS) is 11.9. The zero-order valence-electron chi connectivity index (χ0n) is 12.9. The lowest BCUT2D eigenvalue weighted by molar-refractivity contribution is -0.132. The van der Waals surface area contributed by atoms with Gasteiger partial charge in [0, 0.05) is 20.1 Å². The third-order valence-electron chi connectivity index (χ3n) is 2.92. The van der Waals surface area contributed by atoms with Crippen molar-refractivity contribution in [3.63, 3.8) is 0 Å². The Morgan fingerprint density at radius 2 is 1.78 bits per heavy atom. The summed E-state index contributed by atoms with van der Waals surface area (Å²) in [6, 6.07) is 9.71. The van der Waals surface area contributed by atoms with E-state index < -0.39 is 12.6 Å². The molecule has 0 saturated carbocycles. The first-order chi connectivity index (χ1) is 10.9. The molecule has 23 heavy (non-hydrogen) atoms. The Hall–Kier alpha value is -2.25. The van der Waals surface area contributed by atoms with E-state index in [-0.39, 0.29) is 25.0 Å². The van der Waals surface area contributed by atoms with Gasteiger partial charge in [0.2, 0.25) is 5.91 Å². The van der Waals surface area contributed by atoms with Crippen LogP contribution >= 0.6 is 0 Å². The summed E-state index contributed by atoms with van der Waals surface area (Å²) in [5.74, 6) is -0.0906. The highest BCUT2D eigenvalue weighted by Gasteiger charge is 2.26. The molecule has 0 saturated heterocycles. The Kier molecular flexibility index (Phi) is 7.93. The largest absolute Gasteiger partial charge is 0.390 e. The molecule has 0 heterocycles. The summed E-state index contributed by atoms with van der Waals surface area (Å²) >= 11 is 0. The predicted molar refractivity (Wildman–Crippen MR) is 83.2 cm³/mol. The smallest absolute Gasteiger partial charge is 0.356 e. The van der Waals surface area contributed by atoms with Gasteiger partial charge < -0.3 is 16.0 Å². The zero-order valence-corrected chi connectivity index (χ0v) is 12.9. The number of halogens is 3. The third-order valence-corrected chi connectivity index (χ3v) is 2.92. The van der Waals surface area contributed by atoms with Crippen LogP contribution in [0.3, 0.4) is 0 Å². The van der Waals surface area contributed by atoms with Crippen molar-refractivity contribution in [3.05, 3.63) is 35.9 Å². The molecular formula is C15H21F3N4O. The third kappa shape index (κ3) is 9.38. The summed E-state index contributed by atoms with van der Waals surface area (Å²) in [4.78, 5) is 15.4. The molecule has 3 N–H and O–H groups in total. The molecule has 0 aromatic heterocycles. The molecule has 0 unspecified atom stereocenters. The average Bonchev–Trinajstić information content (AvgIpc) is 2.50. The quantitative estimate of drug-likeness (QED) is 0.524. The lowest BCUT2D eigenvalue weighted by Crippen LogP contribution is -2.44. The highest BCUT2D eigenvalue weighted by Crippen LogP contribution is 2.17. The molecule has 1 aromatic rings. The number of nitrogens with one attached hydrogen (secondary N) is 3. The number of aliphatic imine (C=N–C) groups is 1. The molecule has 8 heteroatoms. The first kappa shape index (κ1) is 18.8. The van der Waals surface area contributed by atoms with Gasteiger partial charge in [-0.1, -0.05) is 30.3 Å². The van der Waals surface area contributed by atoms with E-state index in [4.69, 9.17) is 0 Å². The molecule has 1 aromatic carbocycles. The van der Waals surface area contributed by atoms with Gasteiger partial charge in [-0.2, -0.15) is 13.2 Å². The van der Waals surface area contributed by atoms with Gasteiger partial charge in [0.15, 0.2) is 5.96 Å². The van der Waals surface area contributed by atoms with Crippen molar-refractivity contribution < 1.29 is 18.0 Å². The molecular weight excluding hydrogens is 309 g/mol. The van der Waals surface area contributed by atoms with Gasteiger partial charge in [-0.3, -0.25) is 9.79 Å². The summed E-state index contributed by atoms with van der Waals surface area (Å²) < 4.78 is 36.1. The highest BCUT2D eigenvalue weighted by molar-refractivity contribution is 5.86. The van der Waals surface area contributed by atoms with E-state index in [2.05, 4.69) is 20.9 Å². The molecule has 0 bridgehead atoms. The molecule has 0 spiro atoms. The number of carbonyl (C=O) groups is 1. The topological polar surface area (TPSA) is 65.5 Å². The van der Waals surface area contributed by atoms with Crippen LogP contribution in [0.15, 0.2) is 35.3 Å². The van der Waals surface area contributed by atoms with E-state index in [1.54, 1.807) is 0 Å². The molecule has 128 valence electrons. The maximum Gasteiger partial charge on any atom is 0.390 e. The van der Waals surface area contributed by atoms with Gasteiger partial charge >= 0.3 is 6.18 Å². The van der Waals surface area contributed by atoms with Crippen LogP contribution in [0.25, 0.3) is 0 Å². The van der Waals surface area contributed by atoms with Crippen molar-refractivity contribution in [1.82, 2.24) is 16.0 Å². The summed E-state index contributed by atoms with van der Waals surface area (Å²) in [5, 5.41) is 7.89. The van der Waals surface area contributed by atoms with Crippen LogP contribution in [-0.4, -0.2) is 44.7 Å². The number of hydrogen-bond acceptors (Lipinski definition) is 2. The van der Waals surface area contributed by atoms with Crippen LogP contribution in [-0.2, 0) is 11.2 Å². The number of rotatable bonds is 7. The minimum Gasteiger partial charge on any atom is -0.356 e. The van der Waals surface area contributed by atoms with Crippen LogP contribution in [0.5, 0.6) is 0 Å². The standard InChI is InChI=1S/C15H21F3N4O/c1-19-14(21-10-8-15(16,17)18)22-11-13(23)20-9-7-12-5-3-2-4-6-12/h2-6H,7-11H2,1H3,(H,20,23)(H2,19,21,22). The molecule has 0 aliphatic heterocycles. The van der Waals surface area contributed by atoms with E-state index in [9.17, 15) is 18.0 Å². The Labute approximate surface area is 133 Å². The van der Waals surface area contributed by atoms with Gasteiger partial charge in [0.05, 0.1) is 13.0 Å². The van der Waals surface area contributed by atoms with Crippen LogP contribution in [0.2, 0.25) is 0 Å². The van der Waals surface area contributed by atoms with Crippen molar-refractivity contribution in [1.29, 1.82) is 0 Å². The Morgan fingerprint density at radius 1 is 1.09 bits per heavy atom. The molecule has 1 amide bonds. The summed E-state index contributed by atoms with van der Waals surface area (Å²) in [6.45, 7) is 0.143. The predicted octanol–water partition coefficient (Wildman–Crippen LogP) is 1.46. The van der Waals surface area contributed by atoms with E-state index in [0.29, 0.717) is 13.0 Å². The lowest BCUT2D eigenvalue weighted by atomic mass is 10.1. The fourth-order valence-corrected chi connectivity index (χ4v) is 1.76. The second kappa shape index (κ2) is 9.70. The van der Waals surface area contributed by atoms with Crippen molar-refractivity contribution in [2.45, 2.75) is 19.0 Å². The van der Waals surface area contributed by atoms with Gasteiger partial charge in [0.1, 0.15) is 0 Å². The molecule has 0 fully saturated rings. The average molecular weight is 330 g/mol. The minimum atomic E-state index is -4.22. The SMILES string of the molecule is CN=C(NCCC(F)(F)F)NCC(=O)NCCc1ccccc1. The highest BCUT2D eigenvalue weighted by atomic mass is 19.4. The number of nitrogens with zero attached hydrogens (tertiary/aromatic N) is 1. The summed E-state index contributed by atoms with van der Waals surface area (Å²) in [6.07, 6.45) is -4.47. The van der Waals surface area contributed by atoms with Crippen molar-refractivity contribution in [2.24, 2.45) is 4.99 Å². The zero-order chi connectivity index (χ0) is 17.1. The van der Waals surface area contributed by atoms with Gasteiger partial charge in [-0.15, -0.1) is 0 Å². The Balaban J connectivity index is 2.18. The Morgan fingerprint density at radius 3 is 2.39 bits per heavy atom. The number of guanidine groups is 1. The second-order valence-electron chi connectivity index (χ2n) is 4.80. The molecule has 1 rings (SSSR count). The maximum atomic E-state index is 12.0. The van der Waals surface area contributed by atoms with Gasteiger partial charge in [0.25, 0.3) is 0 Å². The van der Waals surface area contributed by atoms with Crippen LogP contribution < -0.4 is 16.0 Å². The van der Waals surface area contributed by atoms with Gasteiger partial charge in [-0.25, -0.2) is 0 Å². The van der Waals surface area contributed by atoms with Crippen molar-refractivity contribution in [3.8, 4) is 0 Å². The number of hydrogen-bond donors (Lipinski definition) is 3. The van der Waals surface area contributed by atoms with Crippen molar-refractivity contribution in [2.75, 3.05) is 26.7 Å². The number of amides is 1. The van der Waals surface area contributed by atoms with E-state index in [1.807, 2.05) is 30.3 Å². The van der Waals surface area contributed by atoms with Crippen LogP contribution in [0, 0.1) is 0 Å². The van der Waals surface area contributed by atoms with E-state index >= 15 is 0 Å². The monoisotopic (exact) mass is 330 g/mol. The van der Waals surface area contributed by atoms with Crippen LogP contribution in [0.4, 0.5) is 13.2 Å². The summed E-state index contributed by atoms with van der Waals surface area (Å²) in [5.41, 5.74) is 1.12. The molecule has 0 aliphatic rings. The van der Waals surface area contributed by atoms with E-state index in [1.165, 1.54) is 7.05 Å². The lowest BCUT2D eigenvalue weighted by Gasteiger charge is -2.13. The Bertz CT molecular complexity index is 503.